The largest absolute Gasteiger partial charge is 0.398 e. The molecule has 5 rings (SSSR count). The number of benzene rings is 5. The summed E-state index contributed by atoms with van der Waals surface area (Å²) in [6.45, 7) is 0. The highest BCUT2D eigenvalue weighted by Crippen LogP contribution is 2.57. The van der Waals surface area contributed by atoms with Gasteiger partial charge in [0.1, 0.15) is 0 Å². The van der Waals surface area contributed by atoms with Crippen LogP contribution in [0.4, 0.5) is 5.69 Å². The Bertz CT molecular complexity index is 1190. The molecule has 0 aliphatic rings. The minimum Gasteiger partial charge on any atom is -0.398 e. The molecule has 36 heavy (non-hydrogen) atoms. The van der Waals surface area contributed by atoms with Gasteiger partial charge in [-0.05, 0) is 49.2 Å². The summed E-state index contributed by atoms with van der Waals surface area (Å²) in [7, 11) is -1.28. The van der Waals surface area contributed by atoms with Crippen molar-refractivity contribution in [3.63, 3.8) is 0 Å². The van der Waals surface area contributed by atoms with E-state index < -0.39 is 15.8 Å². The van der Waals surface area contributed by atoms with E-state index in [-0.39, 0.29) is 0 Å². The number of thioether (sulfide) groups is 1. The highest BCUT2D eigenvalue weighted by Gasteiger charge is 2.33. The van der Waals surface area contributed by atoms with Crippen molar-refractivity contribution in [3.8, 4) is 0 Å². The summed E-state index contributed by atoms with van der Waals surface area (Å²) in [5, 5.41) is 6.10. The van der Waals surface area contributed by atoms with Crippen LogP contribution in [0.25, 0.3) is 0 Å². The van der Waals surface area contributed by atoms with Crippen molar-refractivity contribution < 1.29 is 0 Å². The third-order valence-electron chi connectivity index (χ3n) is 6.04. The maximum Gasteiger partial charge on any atom is 0.0452 e. The Labute approximate surface area is 221 Å². The van der Waals surface area contributed by atoms with Crippen LogP contribution < -0.4 is 27.0 Å². The molecule has 0 unspecified atom stereocenters. The Balaban J connectivity index is 1.68. The first-order chi connectivity index (χ1) is 17.8. The molecule has 0 heterocycles. The predicted octanol–water partition coefficient (Wildman–Crippen LogP) is 6.95. The fourth-order valence-electron chi connectivity index (χ4n) is 4.38. The zero-order valence-corrected chi connectivity index (χ0v) is 22.6. The molecule has 4 heteroatoms. The standard InChI is InChI=1S/C32H29NP2S/c33-30-23-13-14-24-31(30)36-25-32(34(26-15-5-1-6-16-26)27-17-7-2-8-18-27)35(28-19-9-3-10-20-28)29-21-11-4-12-22-29/h1-24,32H,25,33H2. The topological polar surface area (TPSA) is 26.0 Å². The van der Waals surface area contributed by atoms with Crippen molar-refractivity contribution in [1.82, 2.24) is 0 Å². The molecule has 0 radical (unpaired) electrons. The Hall–Kier alpha value is -2.89. The number of anilines is 1. The third-order valence-corrected chi connectivity index (χ3v) is 14.1. The molecule has 0 atom stereocenters. The molecule has 0 fully saturated rings. The van der Waals surface area contributed by atoms with Gasteiger partial charge in [-0.25, -0.2) is 0 Å². The lowest BCUT2D eigenvalue weighted by Crippen LogP contribution is -2.29. The molecule has 0 saturated carbocycles. The van der Waals surface area contributed by atoms with Crippen molar-refractivity contribution >= 4 is 54.5 Å². The summed E-state index contributed by atoms with van der Waals surface area (Å²) < 4.78 is 0. The van der Waals surface area contributed by atoms with Gasteiger partial charge in [-0.3, -0.25) is 0 Å². The third kappa shape index (κ3) is 5.91. The molecule has 0 amide bonds. The maximum absolute atomic E-state index is 6.39. The molecule has 0 bridgehead atoms. The van der Waals surface area contributed by atoms with Crippen molar-refractivity contribution in [1.29, 1.82) is 0 Å². The van der Waals surface area contributed by atoms with Crippen molar-refractivity contribution in [2.24, 2.45) is 0 Å². The summed E-state index contributed by atoms with van der Waals surface area (Å²) in [5.41, 5.74) is 7.25. The number of nitrogen functional groups attached to an aromatic ring is 1. The number of nitrogens with two attached hydrogens (primary N) is 1. The van der Waals surface area contributed by atoms with Crippen LogP contribution in [-0.2, 0) is 0 Å². The van der Waals surface area contributed by atoms with Gasteiger partial charge in [0, 0.05) is 21.7 Å². The van der Waals surface area contributed by atoms with E-state index in [0.717, 1.165) is 16.3 Å². The van der Waals surface area contributed by atoms with E-state index in [2.05, 4.69) is 133 Å². The van der Waals surface area contributed by atoms with E-state index in [1.807, 2.05) is 23.9 Å². The highest BCUT2D eigenvalue weighted by atomic mass is 32.2. The monoisotopic (exact) mass is 521 g/mol. The number of hydrogen-bond donors (Lipinski definition) is 1. The van der Waals surface area contributed by atoms with E-state index in [1.165, 1.54) is 21.2 Å². The fraction of sp³-hybridized carbons (Fsp3) is 0.0625. The second-order valence-electron chi connectivity index (χ2n) is 8.41. The van der Waals surface area contributed by atoms with Crippen LogP contribution in [0.3, 0.4) is 0 Å². The number of hydrogen-bond acceptors (Lipinski definition) is 2. The van der Waals surface area contributed by atoms with Gasteiger partial charge in [-0.1, -0.05) is 133 Å². The van der Waals surface area contributed by atoms with Crippen LogP contribution in [0.15, 0.2) is 150 Å². The van der Waals surface area contributed by atoms with Crippen LogP contribution in [0.1, 0.15) is 0 Å². The Morgan fingerprint density at radius 2 is 0.806 bits per heavy atom. The van der Waals surface area contributed by atoms with Crippen molar-refractivity contribution in [2.75, 3.05) is 11.5 Å². The molecule has 0 aliphatic carbocycles. The van der Waals surface area contributed by atoms with Gasteiger partial charge in [-0.2, -0.15) is 0 Å². The maximum atomic E-state index is 6.39. The summed E-state index contributed by atoms with van der Waals surface area (Å²) in [5.74, 6) is 0.985. The van der Waals surface area contributed by atoms with E-state index in [1.54, 1.807) is 0 Å². The van der Waals surface area contributed by atoms with Gasteiger partial charge < -0.3 is 5.73 Å². The zero-order chi connectivity index (χ0) is 24.6. The van der Waals surface area contributed by atoms with Gasteiger partial charge >= 0.3 is 0 Å². The second kappa shape index (κ2) is 12.4. The quantitative estimate of drug-likeness (QED) is 0.129. The molecule has 0 spiro atoms. The summed E-state index contributed by atoms with van der Waals surface area (Å²) >= 11 is 1.90. The lowest BCUT2D eigenvalue weighted by atomic mass is 10.3. The molecule has 178 valence electrons. The predicted molar refractivity (Wildman–Crippen MR) is 164 cm³/mol. The molecule has 5 aromatic rings. The van der Waals surface area contributed by atoms with Crippen LogP contribution >= 0.6 is 27.6 Å². The normalized spacial score (nSPS) is 11.3. The van der Waals surface area contributed by atoms with Crippen LogP contribution in [0.5, 0.6) is 0 Å². The molecular weight excluding hydrogens is 492 g/mol. The molecule has 1 nitrogen and oxygen atoms in total. The summed E-state index contributed by atoms with van der Waals surface area (Å²) in [4.78, 5) is 1.16. The molecule has 0 saturated heterocycles. The van der Waals surface area contributed by atoms with E-state index >= 15 is 0 Å². The first-order valence-corrected chi connectivity index (χ1v) is 15.9. The van der Waals surface area contributed by atoms with Crippen LogP contribution in [0.2, 0.25) is 0 Å². The van der Waals surface area contributed by atoms with Crippen molar-refractivity contribution in [2.45, 2.75) is 10.3 Å². The molecular formula is C32H29NP2S. The number of rotatable bonds is 9. The Kier molecular flexibility index (Phi) is 8.52. The average molecular weight is 522 g/mol. The van der Waals surface area contributed by atoms with Crippen molar-refractivity contribution in [3.05, 3.63) is 146 Å². The van der Waals surface area contributed by atoms with Gasteiger partial charge in [0.2, 0.25) is 0 Å². The van der Waals surface area contributed by atoms with Gasteiger partial charge in [-0.15, -0.1) is 11.8 Å². The first kappa shape index (κ1) is 24.8. The molecule has 0 aromatic heterocycles. The summed E-state index contributed by atoms with van der Waals surface area (Å²) in [6.07, 6.45) is 0. The van der Waals surface area contributed by atoms with E-state index in [4.69, 9.17) is 5.73 Å². The summed E-state index contributed by atoms with van der Waals surface area (Å²) in [6, 6.07) is 52.7. The smallest absolute Gasteiger partial charge is 0.0452 e. The Morgan fingerprint density at radius 1 is 0.472 bits per heavy atom. The lowest BCUT2D eigenvalue weighted by molar-refractivity contribution is 1.38. The van der Waals surface area contributed by atoms with Gasteiger partial charge in [0.05, 0.1) is 0 Å². The van der Waals surface area contributed by atoms with Gasteiger partial charge in [0.15, 0.2) is 0 Å². The lowest BCUT2D eigenvalue weighted by Gasteiger charge is -2.36. The van der Waals surface area contributed by atoms with E-state index in [0.29, 0.717) is 5.40 Å². The molecule has 5 aromatic carbocycles. The fourth-order valence-corrected chi connectivity index (χ4v) is 13.2. The van der Waals surface area contributed by atoms with Crippen LogP contribution in [0, 0.1) is 0 Å². The van der Waals surface area contributed by atoms with Crippen LogP contribution in [-0.4, -0.2) is 11.2 Å². The number of para-hydroxylation sites is 1. The minimum atomic E-state index is -0.640. The SMILES string of the molecule is Nc1ccccc1SCC(P(c1ccccc1)c1ccccc1)P(c1ccccc1)c1ccccc1. The first-order valence-electron chi connectivity index (χ1n) is 12.1. The molecule has 0 aliphatic heterocycles. The van der Waals surface area contributed by atoms with Gasteiger partial charge in [0.25, 0.3) is 0 Å². The average Bonchev–Trinajstić information content (AvgIpc) is 2.95. The minimum absolute atomic E-state index is 0.411. The van der Waals surface area contributed by atoms with E-state index in [9.17, 15) is 0 Å². The Morgan fingerprint density at radius 3 is 1.17 bits per heavy atom. The zero-order valence-electron chi connectivity index (χ0n) is 20.0. The highest BCUT2D eigenvalue weighted by molar-refractivity contribution is 8.01. The second-order valence-corrected chi connectivity index (χ2v) is 14.7. The molecule has 2 N–H and O–H groups in total.